The zero-order valence-electron chi connectivity index (χ0n) is 6.88. The monoisotopic (exact) mass is 178 g/mol. The Hall–Kier alpha value is -0.200. The van der Waals surface area contributed by atoms with E-state index in [-0.39, 0.29) is 13.0 Å². The second-order valence-electron chi connectivity index (χ2n) is 2.82. The van der Waals surface area contributed by atoms with E-state index in [1.54, 1.807) is 0 Å². The SMILES string of the molecule is CO[C@@H]1C[C@@H](O)[C@@H](O)[C@@H](CO)O1. The summed E-state index contributed by atoms with van der Waals surface area (Å²) in [5, 5.41) is 27.3. The van der Waals surface area contributed by atoms with E-state index in [0.29, 0.717) is 0 Å². The van der Waals surface area contributed by atoms with Crippen LogP contribution >= 0.6 is 0 Å². The highest BCUT2D eigenvalue weighted by molar-refractivity contribution is 4.81. The van der Waals surface area contributed by atoms with Crippen molar-refractivity contribution >= 4 is 0 Å². The second kappa shape index (κ2) is 4.15. The van der Waals surface area contributed by atoms with Gasteiger partial charge in [-0.3, -0.25) is 0 Å². The Kier molecular flexibility index (Phi) is 3.42. The van der Waals surface area contributed by atoms with Gasteiger partial charge in [-0.25, -0.2) is 0 Å². The van der Waals surface area contributed by atoms with Crippen LogP contribution in [0, 0.1) is 0 Å². The molecule has 4 atom stereocenters. The lowest BCUT2D eigenvalue weighted by Crippen LogP contribution is -2.50. The van der Waals surface area contributed by atoms with Crippen molar-refractivity contribution in [1.82, 2.24) is 0 Å². The lowest BCUT2D eigenvalue weighted by Gasteiger charge is -2.35. The normalized spacial score (nSPS) is 43.0. The Morgan fingerprint density at radius 1 is 1.50 bits per heavy atom. The van der Waals surface area contributed by atoms with Crippen LogP contribution in [0.4, 0.5) is 0 Å². The summed E-state index contributed by atoms with van der Waals surface area (Å²) in [6.07, 6.45) is -2.98. The third-order valence-electron chi connectivity index (χ3n) is 1.98. The van der Waals surface area contributed by atoms with Crippen LogP contribution in [0.15, 0.2) is 0 Å². The molecule has 0 saturated carbocycles. The Balaban J connectivity index is 2.52. The largest absolute Gasteiger partial charge is 0.394 e. The Morgan fingerprint density at radius 3 is 2.67 bits per heavy atom. The molecule has 3 N–H and O–H groups in total. The van der Waals surface area contributed by atoms with Gasteiger partial charge in [0.25, 0.3) is 0 Å². The first kappa shape index (κ1) is 9.88. The molecule has 0 aromatic heterocycles. The summed E-state index contributed by atoms with van der Waals surface area (Å²) >= 11 is 0. The number of hydrogen-bond donors (Lipinski definition) is 3. The van der Waals surface area contributed by atoms with E-state index >= 15 is 0 Å². The molecule has 0 spiro atoms. The smallest absolute Gasteiger partial charge is 0.160 e. The molecule has 1 rings (SSSR count). The van der Waals surface area contributed by atoms with Gasteiger partial charge in [0.2, 0.25) is 0 Å². The number of ether oxygens (including phenoxy) is 2. The van der Waals surface area contributed by atoms with Crippen LogP contribution in [-0.2, 0) is 9.47 Å². The van der Waals surface area contributed by atoms with E-state index in [1.807, 2.05) is 0 Å². The molecular weight excluding hydrogens is 164 g/mol. The summed E-state index contributed by atoms with van der Waals surface area (Å²) in [7, 11) is 1.45. The van der Waals surface area contributed by atoms with Crippen molar-refractivity contribution in [3.8, 4) is 0 Å². The minimum Gasteiger partial charge on any atom is -0.394 e. The number of aliphatic hydroxyl groups is 3. The average Bonchev–Trinajstić information content (AvgIpc) is 2.09. The maximum Gasteiger partial charge on any atom is 0.160 e. The number of hydrogen-bond acceptors (Lipinski definition) is 5. The van der Waals surface area contributed by atoms with Crippen LogP contribution in [0.5, 0.6) is 0 Å². The number of methoxy groups -OCH3 is 1. The molecule has 0 aliphatic carbocycles. The fourth-order valence-corrected chi connectivity index (χ4v) is 1.22. The lowest BCUT2D eigenvalue weighted by molar-refractivity contribution is -0.248. The topological polar surface area (TPSA) is 79.2 Å². The van der Waals surface area contributed by atoms with Gasteiger partial charge in [0, 0.05) is 13.5 Å². The van der Waals surface area contributed by atoms with Crippen LogP contribution in [0.2, 0.25) is 0 Å². The molecule has 5 nitrogen and oxygen atoms in total. The van der Waals surface area contributed by atoms with Crippen LogP contribution in [0.1, 0.15) is 6.42 Å². The maximum absolute atomic E-state index is 9.26. The van der Waals surface area contributed by atoms with Crippen molar-refractivity contribution in [3.63, 3.8) is 0 Å². The molecule has 1 heterocycles. The first-order chi connectivity index (χ1) is 5.69. The predicted molar refractivity (Wildman–Crippen MR) is 39.4 cm³/mol. The quantitative estimate of drug-likeness (QED) is 0.477. The highest BCUT2D eigenvalue weighted by atomic mass is 16.7. The highest BCUT2D eigenvalue weighted by Gasteiger charge is 2.36. The minimum absolute atomic E-state index is 0.230. The second-order valence-corrected chi connectivity index (χ2v) is 2.82. The van der Waals surface area contributed by atoms with Gasteiger partial charge in [-0.2, -0.15) is 0 Å². The number of rotatable bonds is 2. The van der Waals surface area contributed by atoms with E-state index in [0.717, 1.165) is 0 Å². The molecule has 12 heavy (non-hydrogen) atoms. The molecule has 1 aliphatic rings. The van der Waals surface area contributed by atoms with E-state index < -0.39 is 24.6 Å². The minimum atomic E-state index is -1.03. The first-order valence-corrected chi connectivity index (χ1v) is 3.84. The molecule has 5 heteroatoms. The molecule has 1 fully saturated rings. The van der Waals surface area contributed by atoms with Crippen molar-refractivity contribution in [2.75, 3.05) is 13.7 Å². The van der Waals surface area contributed by atoms with Crippen molar-refractivity contribution in [2.24, 2.45) is 0 Å². The standard InChI is InChI=1S/C7H14O5/c1-11-6-2-4(9)7(10)5(3-8)12-6/h4-10H,2-3H2,1H3/t4-,5-,6+,7-/m1/s1. The summed E-state index contributed by atoms with van der Waals surface area (Å²) in [4.78, 5) is 0. The fourth-order valence-electron chi connectivity index (χ4n) is 1.22. The molecule has 0 aromatic rings. The molecule has 0 aromatic carbocycles. The van der Waals surface area contributed by atoms with Gasteiger partial charge in [0.1, 0.15) is 12.2 Å². The third-order valence-corrected chi connectivity index (χ3v) is 1.98. The van der Waals surface area contributed by atoms with Crippen molar-refractivity contribution in [2.45, 2.75) is 31.0 Å². The summed E-state index contributed by atoms with van der Waals surface area (Å²) in [6, 6.07) is 0. The Labute approximate surface area is 70.5 Å². The van der Waals surface area contributed by atoms with Crippen LogP contribution in [0.25, 0.3) is 0 Å². The van der Waals surface area contributed by atoms with E-state index in [9.17, 15) is 10.2 Å². The molecule has 1 saturated heterocycles. The van der Waals surface area contributed by atoms with Crippen LogP contribution < -0.4 is 0 Å². The fraction of sp³-hybridized carbons (Fsp3) is 1.00. The molecule has 0 bridgehead atoms. The zero-order valence-corrected chi connectivity index (χ0v) is 6.88. The van der Waals surface area contributed by atoms with Gasteiger partial charge in [0.05, 0.1) is 12.7 Å². The lowest BCUT2D eigenvalue weighted by atomic mass is 10.0. The summed E-state index contributed by atoms with van der Waals surface area (Å²) in [5.74, 6) is 0. The third kappa shape index (κ3) is 1.94. The van der Waals surface area contributed by atoms with E-state index in [1.165, 1.54) is 7.11 Å². The van der Waals surface area contributed by atoms with Crippen molar-refractivity contribution in [3.05, 3.63) is 0 Å². The van der Waals surface area contributed by atoms with Gasteiger partial charge < -0.3 is 24.8 Å². The van der Waals surface area contributed by atoms with Crippen molar-refractivity contribution < 1.29 is 24.8 Å². The van der Waals surface area contributed by atoms with Gasteiger partial charge >= 0.3 is 0 Å². The Morgan fingerprint density at radius 2 is 2.17 bits per heavy atom. The summed E-state index contributed by atoms with van der Waals surface area (Å²) < 4.78 is 9.92. The average molecular weight is 178 g/mol. The van der Waals surface area contributed by atoms with Crippen LogP contribution in [0.3, 0.4) is 0 Å². The molecule has 1 aliphatic heterocycles. The summed E-state index contributed by atoms with van der Waals surface area (Å²) in [6.45, 7) is -0.321. The van der Waals surface area contributed by atoms with Crippen LogP contribution in [-0.4, -0.2) is 53.6 Å². The van der Waals surface area contributed by atoms with Gasteiger partial charge in [-0.05, 0) is 0 Å². The molecular formula is C7H14O5. The Bertz CT molecular complexity index is 140. The van der Waals surface area contributed by atoms with Gasteiger partial charge in [-0.15, -0.1) is 0 Å². The summed E-state index contributed by atoms with van der Waals surface area (Å²) in [5.41, 5.74) is 0. The highest BCUT2D eigenvalue weighted by Crippen LogP contribution is 2.20. The molecule has 0 amide bonds. The maximum atomic E-state index is 9.26. The van der Waals surface area contributed by atoms with E-state index in [2.05, 4.69) is 0 Å². The molecule has 0 radical (unpaired) electrons. The van der Waals surface area contributed by atoms with Gasteiger partial charge in [0.15, 0.2) is 6.29 Å². The molecule has 72 valence electrons. The van der Waals surface area contributed by atoms with Gasteiger partial charge in [-0.1, -0.05) is 0 Å². The first-order valence-electron chi connectivity index (χ1n) is 3.84. The van der Waals surface area contributed by atoms with E-state index in [4.69, 9.17) is 14.6 Å². The zero-order chi connectivity index (χ0) is 9.14. The predicted octanol–water partition coefficient (Wildman–Crippen LogP) is -1.54. The molecule has 0 unspecified atom stereocenters. The van der Waals surface area contributed by atoms with Crippen molar-refractivity contribution in [1.29, 1.82) is 0 Å². The number of aliphatic hydroxyl groups excluding tert-OH is 3.